The number of pyridine rings is 2. The molecule has 4 aromatic rings. The molecule has 0 aliphatic heterocycles. The number of para-hydroxylation sites is 2. The summed E-state index contributed by atoms with van der Waals surface area (Å²) in [5.41, 5.74) is 3.20. The molecule has 0 spiro atoms. The molecule has 2 heterocycles. The molecule has 28 heavy (non-hydrogen) atoms. The van der Waals surface area contributed by atoms with Crippen LogP contribution in [0.25, 0.3) is 21.8 Å². The molecule has 0 saturated carbocycles. The van der Waals surface area contributed by atoms with Crippen LogP contribution in [0.1, 0.15) is 11.4 Å². The molecule has 0 aliphatic carbocycles. The molecular weight excluding hydrogens is 476 g/mol. The molecule has 2 N–H and O–H groups in total. The topological polar surface area (TPSA) is 66.2 Å². The Balaban J connectivity index is 0. The van der Waals surface area contributed by atoms with Crippen LogP contribution in [0.4, 0.5) is 0 Å². The van der Waals surface area contributed by atoms with Crippen LogP contribution in [0.2, 0.25) is 0 Å². The number of hydrogen-bond donors (Lipinski definition) is 2. The van der Waals surface area contributed by atoms with Crippen LogP contribution in [-0.4, -0.2) is 40.0 Å². The molecule has 2 aromatic heterocycles. The van der Waals surface area contributed by atoms with Gasteiger partial charge in [0.05, 0.1) is 0 Å². The van der Waals surface area contributed by atoms with Crippen molar-refractivity contribution in [2.24, 2.45) is 0 Å². The van der Waals surface area contributed by atoms with Crippen molar-refractivity contribution in [2.45, 2.75) is 13.8 Å². The fraction of sp³-hybridized carbons (Fsp3) is 0.100. The Hall–Kier alpha value is -1.63. The third kappa shape index (κ3) is 6.76. The van der Waals surface area contributed by atoms with Gasteiger partial charge in [0.1, 0.15) is 22.5 Å². The third-order valence-corrected chi connectivity index (χ3v) is 3.68. The van der Waals surface area contributed by atoms with Crippen molar-refractivity contribution in [1.29, 1.82) is 0 Å². The molecule has 0 atom stereocenters. The van der Waals surface area contributed by atoms with Crippen LogP contribution in [0.3, 0.4) is 0 Å². The maximum atomic E-state index is 9.43. The van der Waals surface area contributed by atoms with Crippen LogP contribution in [0.5, 0.6) is 11.5 Å². The smallest absolute Gasteiger partial charge is 1.00 e. The average Bonchev–Trinajstić information content (AvgIpc) is 2.57. The number of aromatic nitrogens is 2. The summed E-state index contributed by atoms with van der Waals surface area (Å²) in [5, 5.41) is 20.8. The molecule has 2 aromatic carbocycles. The number of halogens is 3. The number of aromatic hydroxyl groups is 2. The predicted molar refractivity (Wildman–Crippen MR) is 102 cm³/mol. The van der Waals surface area contributed by atoms with Crippen molar-refractivity contribution in [2.75, 3.05) is 0 Å². The van der Waals surface area contributed by atoms with Gasteiger partial charge in [-0.2, -0.15) is 0 Å². The third-order valence-electron chi connectivity index (χ3n) is 3.68. The monoisotopic (exact) mass is 492 g/mol. The second-order valence-electron chi connectivity index (χ2n) is 5.60. The summed E-state index contributed by atoms with van der Waals surface area (Å²) in [5.74, 6) is 0.493. The fourth-order valence-electron chi connectivity index (χ4n) is 2.46. The Morgan fingerprint density at radius 1 is 0.571 bits per heavy atom. The minimum atomic E-state index is 0. The number of aryl methyl sites for hydroxylation is 2. The van der Waals surface area contributed by atoms with E-state index in [-0.39, 0.29) is 68.5 Å². The fourth-order valence-corrected chi connectivity index (χ4v) is 2.46. The average molecular weight is 494 g/mol. The van der Waals surface area contributed by atoms with Gasteiger partial charge in [-0.15, -0.1) is 0 Å². The minimum Gasteiger partial charge on any atom is -1.00 e. The number of rotatable bonds is 0. The van der Waals surface area contributed by atoms with E-state index < -0.39 is 0 Å². The Labute approximate surface area is 195 Å². The van der Waals surface area contributed by atoms with Crippen LogP contribution in [0.15, 0.2) is 60.7 Å². The zero-order valence-corrected chi connectivity index (χ0v) is 20.0. The maximum Gasteiger partial charge on any atom is 3.00 e. The number of benzene rings is 2. The van der Waals surface area contributed by atoms with E-state index in [1.807, 2.05) is 62.4 Å². The van der Waals surface area contributed by atoms with Crippen molar-refractivity contribution in [3.63, 3.8) is 0 Å². The van der Waals surface area contributed by atoms with E-state index in [4.69, 9.17) is 0 Å². The molecule has 0 bridgehead atoms. The number of nitrogens with zero attached hydrogens (tertiary/aromatic N) is 2. The van der Waals surface area contributed by atoms with Gasteiger partial charge in [-0.05, 0) is 38.1 Å². The number of hydrogen-bond acceptors (Lipinski definition) is 4. The second kappa shape index (κ2) is 12.8. The summed E-state index contributed by atoms with van der Waals surface area (Å²) in [6.45, 7) is 3.82. The van der Waals surface area contributed by atoms with Crippen LogP contribution < -0.4 is 37.2 Å². The van der Waals surface area contributed by atoms with E-state index >= 15 is 0 Å². The molecule has 8 heteroatoms. The number of fused-ring (bicyclic) bond motifs is 2. The molecule has 0 unspecified atom stereocenters. The van der Waals surface area contributed by atoms with E-state index in [1.165, 1.54) is 0 Å². The molecule has 0 radical (unpaired) electrons. The first-order valence-corrected chi connectivity index (χ1v) is 7.65. The summed E-state index contributed by atoms with van der Waals surface area (Å²) in [4.78, 5) is 8.45. The van der Waals surface area contributed by atoms with E-state index in [0.29, 0.717) is 11.0 Å². The molecule has 0 aliphatic rings. The molecule has 4 nitrogen and oxygen atoms in total. The second-order valence-corrected chi connectivity index (χ2v) is 5.60. The van der Waals surface area contributed by atoms with Gasteiger partial charge in [0.2, 0.25) is 0 Å². The predicted octanol–water partition coefficient (Wildman–Crippen LogP) is -4.87. The SMILES string of the molecule is Cc1ccc2cccc(O)c2n1.Cc1ccc2cccc(O)c2n1.[Cl-].[Cl-].[Cl-].[Ga+3]. The Morgan fingerprint density at radius 3 is 1.29 bits per heavy atom. The first-order chi connectivity index (χ1) is 11.5. The minimum absolute atomic E-state index is 0. The number of phenols is 2. The molecule has 4 rings (SSSR count). The van der Waals surface area contributed by atoms with Gasteiger partial charge in [0, 0.05) is 22.2 Å². The van der Waals surface area contributed by atoms with Gasteiger partial charge >= 0.3 is 19.8 Å². The summed E-state index contributed by atoms with van der Waals surface area (Å²) in [6, 6.07) is 18.6. The molecule has 0 amide bonds. The normalized spacial score (nSPS) is 8.93. The van der Waals surface area contributed by atoms with Gasteiger partial charge in [-0.1, -0.05) is 36.4 Å². The Kier molecular flexibility index (Phi) is 13.0. The van der Waals surface area contributed by atoms with E-state index in [0.717, 1.165) is 22.2 Å². The van der Waals surface area contributed by atoms with Gasteiger partial charge in [-0.25, -0.2) is 9.97 Å². The van der Waals surface area contributed by atoms with E-state index in [1.54, 1.807) is 12.1 Å². The molecule has 0 saturated heterocycles. The van der Waals surface area contributed by atoms with Crippen molar-refractivity contribution in [3.8, 4) is 11.5 Å². The zero-order chi connectivity index (χ0) is 17.1. The van der Waals surface area contributed by atoms with Gasteiger partial charge in [-0.3, -0.25) is 0 Å². The first kappa shape index (κ1) is 28.6. The summed E-state index contributed by atoms with van der Waals surface area (Å²) >= 11 is 0. The molecular formula is C20H18Cl3GaN2O2. The number of phenolic OH excluding ortho intramolecular Hbond substituents is 2. The van der Waals surface area contributed by atoms with Crippen molar-refractivity contribution >= 4 is 41.6 Å². The van der Waals surface area contributed by atoms with E-state index in [9.17, 15) is 10.2 Å². The maximum absolute atomic E-state index is 9.43. The van der Waals surface area contributed by atoms with Gasteiger partial charge < -0.3 is 47.4 Å². The van der Waals surface area contributed by atoms with Crippen LogP contribution in [0, 0.1) is 13.8 Å². The summed E-state index contributed by atoms with van der Waals surface area (Å²) < 4.78 is 0. The van der Waals surface area contributed by atoms with Crippen molar-refractivity contribution in [1.82, 2.24) is 9.97 Å². The zero-order valence-electron chi connectivity index (χ0n) is 15.3. The summed E-state index contributed by atoms with van der Waals surface area (Å²) in [6.07, 6.45) is 0. The quantitative estimate of drug-likeness (QED) is 0.241. The van der Waals surface area contributed by atoms with Crippen molar-refractivity contribution < 1.29 is 47.4 Å². The van der Waals surface area contributed by atoms with E-state index in [2.05, 4.69) is 9.97 Å². The Morgan fingerprint density at radius 2 is 0.929 bits per heavy atom. The molecule has 0 fully saturated rings. The Bertz CT molecular complexity index is 949. The molecule has 144 valence electrons. The first-order valence-electron chi connectivity index (χ1n) is 7.65. The standard InChI is InChI=1S/2C10H9NO.3ClH.Ga/c2*1-7-5-6-8-3-2-4-9(12)10(8)11-7;;;;/h2*2-6,12H,1H3;3*1H;/q;;;;;+3/p-3. The van der Waals surface area contributed by atoms with Gasteiger partial charge in [0.25, 0.3) is 0 Å². The largest absolute Gasteiger partial charge is 3.00 e. The van der Waals surface area contributed by atoms with Gasteiger partial charge in [0.15, 0.2) is 0 Å². The summed E-state index contributed by atoms with van der Waals surface area (Å²) in [7, 11) is 0. The van der Waals surface area contributed by atoms with Crippen LogP contribution >= 0.6 is 0 Å². The van der Waals surface area contributed by atoms with Crippen molar-refractivity contribution in [3.05, 3.63) is 72.1 Å². The van der Waals surface area contributed by atoms with Crippen LogP contribution in [-0.2, 0) is 0 Å².